The van der Waals surface area contributed by atoms with Gasteiger partial charge in [0.15, 0.2) is 17.1 Å². The van der Waals surface area contributed by atoms with E-state index in [4.69, 9.17) is 9.47 Å². The van der Waals surface area contributed by atoms with Crippen molar-refractivity contribution in [3.05, 3.63) is 36.0 Å². The van der Waals surface area contributed by atoms with E-state index >= 15 is 0 Å². The Bertz CT molecular complexity index is 947. The monoisotopic (exact) mass is 341 g/mol. The Labute approximate surface area is 144 Å². The molecule has 0 saturated heterocycles. The molecule has 7 nitrogen and oxygen atoms in total. The van der Waals surface area contributed by atoms with Crippen molar-refractivity contribution >= 4 is 17.0 Å². The number of hydrogen-bond donors (Lipinski definition) is 1. The number of pyridine rings is 1. The van der Waals surface area contributed by atoms with Crippen molar-refractivity contribution in [2.45, 2.75) is 19.9 Å². The van der Waals surface area contributed by atoms with Gasteiger partial charge in [-0.05, 0) is 38.1 Å². The Morgan fingerprint density at radius 2 is 1.88 bits per heavy atom. The number of fused-ring (bicyclic) bond motifs is 1. The number of nitrogens with zero attached hydrogens (tertiary/aromatic N) is 3. The molecule has 0 radical (unpaired) electrons. The van der Waals surface area contributed by atoms with Gasteiger partial charge < -0.3 is 14.6 Å². The summed E-state index contributed by atoms with van der Waals surface area (Å²) in [5, 5.41) is 14.4. The van der Waals surface area contributed by atoms with Crippen LogP contribution in [0.15, 0.2) is 30.5 Å². The molecule has 0 atom stereocenters. The molecule has 1 N–H and O–H groups in total. The van der Waals surface area contributed by atoms with E-state index in [1.54, 1.807) is 43.3 Å². The van der Waals surface area contributed by atoms with Gasteiger partial charge in [-0.1, -0.05) is 0 Å². The van der Waals surface area contributed by atoms with Crippen LogP contribution in [-0.4, -0.2) is 40.1 Å². The number of rotatable bonds is 5. The summed E-state index contributed by atoms with van der Waals surface area (Å²) in [5.74, 6) is 0.131. The third-order valence-electron chi connectivity index (χ3n) is 3.97. The summed E-state index contributed by atoms with van der Waals surface area (Å²) in [4.78, 5) is 16.3. The molecular formula is C18H19N3O4. The number of carboxylic acids is 1. The summed E-state index contributed by atoms with van der Waals surface area (Å²) < 4.78 is 12.3. The molecule has 0 aliphatic carbocycles. The van der Waals surface area contributed by atoms with E-state index in [-0.39, 0.29) is 11.6 Å². The Balaban J connectivity index is 2.26. The van der Waals surface area contributed by atoms with Crippen molar-refractivity contribution in [2.24, 2.45) is 0 Å². The fourth-order valence-corrected chi connectivity index (χ4v) is 2.72. The van der Waals surface area contributed by atoms with Gasteiger partial charge in [-0.2, -0.15) is 5.10 Å². The van der Waals surface area contributed by atoms with Crippen LogP contribution < -0.4 is 9.47 Å². The number of benzene rings is 1. The third kappa shape index (κ3) is 2.88. The molecule has 3 aromatic rings. The summed E-state index contributed by atoms with van der Waals surface area (Å²) in [6.07, 6.45) is 1.55. The highest BCUT2D eigenvalue weighted by Gasteiger charge is 2.18. The van der Waals surface area contributed by atoms with Crippen molar-refractivity contribution in [2.75, 3.05) is 14.2 Å². The standard InChI is InChI=1S/C18H19N3O4/c1-10(2)21-17-13(9-19-21)12(18(22)23)8-14(20-17)11-5-6-15(24-3)16(7-11)25-4/h5-10H,1-4H3,(H,22,23). The highest BCUT2D eigenvalue weighted by molar-refractivity contribution is 6.02. The van der Waals surface area contributed by atoms with Gasteiger partial charge in [0.25, 0.3) is 0 Å². The molecule has 1 aromatic carbocycles. The fourth-order valence-electron chi connectivity index (χ4n) is 2.72. The number of methoxy groups -OCH3 is 2. The average Bonchev–Trinajstić information content (AvgIpc) is 3.04. The molecule has 0 spiro atoms. The van der Waals surface area contributed by atoms with E-state index in [1.165, 1.54) is 0 Å². The van der Waals surface area contributed by atoms with Crippen molar-refractivity contribution in [1.29, 1.82) is 0 Å². The Morgan fingerprint density at radius 3 is 2.48 bits per heavy atom. The van der Waals surface area contributed by atoms with Crippen molar-refractivity contribution in [1.82, 2.24) is 14.8 Å². The molecule has 0 fully saturated rings. The van der Waals surface area contributed by atoms with E-state index in [9.17, 15) is 9.90 Å². The van der Waals surface area contributed by atoms with Gasteiger partial charge in [-0.15, -0.1) is 0 Å². The van der Waals surface area contributed by atoms with Crippen LogP contribution in [0.1, 0.15) is 30.2 Å². The molecule has 0 unspecified atom stereocenters. The average molecular weight is 341 g/mol. The second-order valence-corrected chi connectivity index (χ2v) is 5.85. The van der Waals surface area contributed by atoms with E-state index in [2.05, 4.69) is 10.1 Å². The summed E-state index contributed by atoms with van der Waals surface area (Å²) in [5.41, 5.74) is 1.98. The van der Waals surface area contributed by atoms with E-state index in [0.717, 1.165) is 5.56 Å². The number of ether oxygens (including phenoxy) is 2. The zero-order valence-electron chi connectivity index (χ0n) is 14.5. The van der Waals surface area contributed by atoms with Crippen molar-refractivity contribution in [3.8, 4) is 22.8 Å². The van der Waals surface area contributed by atoms with Crippen molar-refractivity contribution in [3.63, 3.8) is 0 Å². The lowest BCUT2D eigenvalue weighted by Crippen LogP contribution is -2.05. The first-order valence-electron chi connectivity index (χ1n) is 7.80. The second-order valence-electron chi connectivity index (χ2n) is 5.85. The van der Waals surface area contributed by atoms with Gasteiger partial charge in [-0.25, -0.2) is 14.5 Å². The lowest BCUT2D eigenvalue weighted by atomic mass is 10.1. The van der Waals surface area contributed by atoms with Crippen LogP contribution in [0.4, 0.5) is 0 Å². The molecule has 2 heterocycles. The molecule has 0 amide bonds. The Kier molecular flexibility index (Phi) is 4.31. The fraction of sp³-hybridized carbons (Fsp3) is 0.278. The van der Waals surface area contributed by atoms with E-state index in [1.807, 2.05) is 19.9 Å². The first kappa shape index (κ1) is 16.8. The maximum absolute atomic E-state index is 11.7. The molecule has 3 rings (SSSR count). The molecule has 2 aromatic heterocycles. The number of aromatic carboxylic acids is 1. The van der Waals surface area contributed by atoms with Gasteiger partial charge in [0, 0.05) is 11.6 Å². The normalized spacial score (nSPS) is 11.1. The summed E-state index contributed by atoms with van der Waals surface area (Å²) >= 11 is 0. The zero-order chi connectivity index (χ0) is 18.1. The van der Waals surface area contributed by atoms with Crippen LogP contribution in [0.3, 0.4) is 0 Å². The highest BCUT2D eigenvalue weighted by atomic mass is 16.5. The first-order chi connectivity index (χ1) is 12.0. The molecule has 0 aliphatic heterocycles. The summed E-state index contributed by atoms with van der Waals surface area (Å²) in [7, 11) is 3.11. The molecule has 7 heteroatoms. The maximum atomic E-state index is 11.7. The smallest absolute Gasteiger partial charge is 0.336 e. The van der Waals surface area contributed by atoms with Crippen LogP contribution in [0, 0.1) is 0 Å². The SMILES string of the molecule is COc1ccc(-c2cc(C(=O)O)c3cnn(C(C)C)c3n2)cc1OC. The van der Waals surface area contributed by atoms with Gasteiger partial charge >= 0.3 is 5.97 Å². The number of carbonyl (C=O) groups is 1. The third-order valence-corrected chi connectivity index (χ3v) is 3.97. The lowest BCUT2D eigenvalue weighted by Gasteiger charge is -2.11. The topological polar surface area (TPSA) is 86.5 Å². The van der Waals surface area contributed by atoms with Crippen LogP contribution in [0.5, 0.6) is 11.5 Å². The molecular weight excluding hydrogens is 322 g/mol. The molecule has 130 valence electrons. The van der Waals surface area contributed by atoms with Gasteiger partial charge in [-0.3, -0.25) is 0 Å². The summed E-state index contributed by atoms with van der Waals surface area (Å²) in [6, 6.07) is 6.97. The number of aromatic nitrogens is 3. The van der Waals surface area contributed by atoms with Gasteiger partial charge in [0.2, 0.25) is 0 Å². The molecule has 25 heavy (non-hydrogen) atoms. The minimum Gasteiger partial charge on any atom is -0.493 e. The summed E-state index contributed by atoms with van der Waals surface area (Å²) in [6.45, 7) is 3.94. The molecule has 0 bridgehead atoms. The zero-order valence-corrected chi connectivity index (χ0v) is 14.5. The van der Waals surface area contributed by atoms with Crippen LogP contribution in [-0.2, 0) is 0 Å². The van der Waals surface area contributed by atoms with E-state index in [0.29, 0.717) is 28.2 Å². The predicted molar refractivity (Wildman–Crippen MR) is 93.4 cm³/mol. The Hall–Kier alpha value is -3.09. The second kappa shape index (κ2) is 6.43. The maximum Gasteiger partial charge on any atom is 0.336 e. The predicted octanol–water partition coefficient (Wildman–Crippen LogP) is 3.39. The van der Waals surface area contributed by atoms with Gasteiger partial charge in [0.1, 0.15) is 0 Å². The first-order valence-corrected chi connectivity index (χ1v) is 7.80. The number of carboxylic acid groups (broad SMARTS) is 1. The van der Waals surface area contributed by atoms with Crippen LogP contribution in [0.25, 0.3) is 22.3 Å². The minimum absolute atomic E-state index is 0.0623. The lowest BCUT2D eigenvalue weighted by molar-refractivity contribution is 0.0699. The van der Waals surface area contributed by atoms with Crippen LogP contribution in [0.2, 0.25) is 0 Å². The van der Waals surface area contributed by atoms with Crippen molar-refractivity contribution < 1.29 is 19.4 Å². The van der Waals surface area contributed by atoms with Crippen LogP contribution >= 0.6 is 0 Å². The largest absolute Gasteiger partial charge is 0.493 e. The van der Waals surface area contributed by atoms with E-state index < -0.39 is 5.97 Å². The Morgan fingerprint density at radius 1 is 1.16 bits per heavy atom. The highest BCUT2D eigenvalue weighted by Crippen LogP contribution is 2.33. The minimum atomic E-state index is -1.02. The molecule has 0 saturated carbocycles. The van der Waals surface area contributed by atoms with Gasteiger partial charge in [0.05, 0.1) is 37.1 Å². The quantitative estimate of drug-likeness (QED) is 0.765. The molecule has 0 aliphatic rings. The number of hydrogen-bond acceptors (Lipinski definition) is 5.